The van der Waals surface area contributed by atoms with Crippen LogP contribution in [0, 0.1) is 11.3 Å². The number of aromatic nitrogens is 4. The molecule has 13 heteroatoms. The number of nitrogens with zero attached hydrogens (tertiary/aromatic N) is 5. The zero-order valence-electron chi connectivity index (χ0n) is 24.1. The number of halogens is 4. The van der Waals surface area contributed by atoms with Crippen molar-refractivity contribution in [2.75, 3.05) is 13.7 Å². The molecular weight excluding hydrogens is 587 g/mol. The van der Waals surface area contributed by atoms with E-state index >= 15 is 0 Å². The largest absolute Gasteiger partial charge is 0.481 e. The van der Waals surface area contributed by atoms with Crippen LogP contribution in [0.5, 0.6) is 5.88 Å². The molecule has 3 unspecified atom stereocenters. The van der Waals surface area contributed by atoms with Crippen LogP contribution in [0.15, 0.2) is 48.7 Å². The number of ether oxygens (including phenoxy) is 1. The third-order valence-electron chi connectivity index (χ3n) is 8.16. The molecule has 9 nitrogen and oxygen atoms in total. The van der Waals surface area contributed by atoms with Crippen molar-refractivity contribution in [3.63, 3.8) is 0 Å². The highest BCUT2D eigenvalue weighted by Gasteiger charge is 2.59. The van der Waals surface area contributed by atoms with Crippen LogP contribution in [0.2, 0.25) is 5.02 Å². The summed E-state index contributed by atoms with van der Waals surface area (Å²) in [5.41, 5.74) is -0.673. The number of pyridine rings is 1. The third-order valence-corrected chi connectivity index (χ3v) is 8.59. The zero-order chi connectivity index (χ0) is 31.5. The van der Waals surface area contributed by atoms with E-state index in [2.05, 4.69) is 15.3 Å². The van der Waals surface area contributed by atoms with E-state index in [0.29, 0.717) is 33.3 Å². The second-order valence-electron chi connectivity index (χ2n) is 11.9. The minimum absolute atomic E-state index is 0.0742. The number of benzene rings is 2. The summed E-state index contributed by atoms with van der Waals surface area (Å²) in [6, 6.07) is 9.34. The van der Waals surface area contributed by atoms with Crippen LogP contribution in [0.25, 0.3) is 10.9 Å². The molecule has 0 bridgehead atoms. The first-order valence-corrected chi connectivity index (χ1v) is 13.8. The minimum atomic E-state index is -4.46. The van der Waals surface area contributed by atoms with E-state index in [1.165, 1.54) is 35.0 Å². The topological polar surface area (TPSA) is 114 Å². The van der Waals surface area contributed by atoms with E-state index in [1.54, 1.807) is 25.2 Å². The van der Waals surface area contributed by atoms with Crippen molar-refractivity contribution in [3.05, 3.63) is 81.6 Å². The van der Waals surface area contributed by atoms with Gasteiger partial charge in [-0.3, -0.25) is 0 Å². The van der Waals surface area contributed by atoms with E-state index in [0.717, 1.165) is 12.1 Å². The lowest BCUT2D eigenvalue weighted by Gasteiger charge is -2.57. The Morgan fingerprint density at radius 2 is 1.77 bits per heavy atom. The lowest BCUT2D eigenvalue weighted by molar-refractivity contribution is -0.137. The minimum Gasteiger partial charge on any atom is -0.481 e. The van der Waals surface area contributed by atoms with Crippen LogP contribution >= 0.6 is 11.6 Å². The van der Waals surface area contributed by atoms with E-state index in [9.17, 15) is 28.2 Å². The van der Waals surface area contributed by atoms with Gasteiger partial charge in [0.05, 0.1) is 35.1 Å². The first kappa shape index (κ1) is 30.6. The van der Waals surface area contributed by atoms with Gasteiger partial charge in [-0.05, 0) is 40.8 Å². The van der Waals surface area contributed by atoms with E-state index < -0.39 is 40.8 Å². The molecule has 3 heterocycles. The van der Waals surface area contributed by atoms with Crippen LogP contribution in [-0.2, 0) is 25.2 Å². The molecule has 1 amide bonds. The van der Waals surface area contributed by atoms with E-state index in [1.807, 2.05) is 20.8 Å². The Bertz CT molecular complexity index is 1690. The number of carboxylic acid groups (broad SMARTS) is 1. The molecular formula is C30H31ClF3N5O4. The van der Waals surface area contributed by atoms with Gasteiger partial charge in [0.1, 0.15) is 5.60 Å². The SMILES string of the molecule is COc1nc2ccc(C(O)(c3cnnn3C)C3CN(C(=O)O)C3C(C)(C)C)cc2c(Cl)c1Cc1ccc(C(F)(F)F)cc1. The van der Waals surface area contributed by atoms with E-state index in [4.69, 9.17) is 16.3 Å². The number of methoxy groups -OCH3 is 1. The Kier molecular flexibility index (Phi) is 7.58. The van der Waals surface area contributed by atoms with Crippen molar-refractivity contribution in [2.45, 2.75) is 45.0 Å². The fourth-order valence-corrected chi connectivity index (χ4v) is 6.44. The second-order valence-corrected chi connectivity index (χ2v) is 12.3. The molecule has 0 spiro atoms. The van der Waals surface area contributed by atoms with Crippen LogP contribution in [0.1, 0.15) is 48.7 Å². The maximum Gasteiger partial charge on any atom is 0.416 e. The summed E-state index contributed by atoms with van der Waals surface area (Å²) in [7, 11) is 3.08. The first-order valence-electron chi connectivity index (χ1n) is 13.5. The molecule has 0 saturated carbocycles. The molecule has 2 aromatic carbocycles. The Morgan fingerprint density at radius 3 is 2.30 bits per heavy atom. The number of rotatable bonds is 6. The molecule has 1 fully saturated rings. The Balaban J connectivity index is 1.64. The Morgan fingerprint density at radius 1 is 1.12 bits per heavy atom. The highest BCUT2D eigenvalue weighted by atomic mass is 35.5. The summed E-state index contributed by atoms with van der Waals surface area (Å²) in [6.07, 6.45) is -3.93. The summed E-state index contributed by atoms with van der Waals surface area (Å²) in [5, 5.41) is 31.2. The monoisotopic (exact) mass is 617 g/mol. The second kappa shape index (κ2) is 10.7. The van der Waals surface area contributed by atoms with Gasteiger partial charge >= 0.3 is 12.3 Å². The van der Waals surface area contributed by atoms with E-state index in [-0.39, 0.29) is 23.9 Å². The predicted molar refractivity (Wildman–Crippen MR) is 153 cm³/mol. The average Bonchev–Trinajstić information content (AvgIpc) is 3.34. The summed E-state index contributed by atoms with van der Waals surface area (Å²) in [4.78, 5) is 18.0. The summed E-state index contributed by atoms with van der Waals surface area (Å²) in [6.45, 7) is 5.83. The lowest BCUT2D eigenvalue weighted by Crippen LogP contribution is -2.69. The number of hydrogen-bond donors (Lipinski definition) is 2. The molecule has 4 aromatic rings. The van der Waals surface area contributed by atoms with Gasteiger partial charge in [0.15, 0.2) is 0 Å². The summed E-state index contributed by atoms with van der Waals surface area (Å²) >= 11 is 6.95. The molecule has 228 valence electrons. The number of aliphatic hydroxyl groups is 1. The zero-order valence-corrected chi connectivity index (χ0v) is 24.9. The highest BCUT2D eigenvalue weighted by Crippen LogP contribution is 2.50. The standard InChI is InChI=1S/C30H31ClF3N5O4/c1-28(2,3)25-21(15-39(25)27(40)41)29(42,23-14-35-37-38(23)4)18-10-11-22-19(13-18)24(31)20(26(36-22)43-5)12-16-6-8-17(9-7-16)30(32,33)34/h6-11,13-14,21,25,42H,12,15H2,1-5H3,(H,40,41). The van der Waals surface area contributed by atoms with Gasteiger partial charge in [0.2, 0.25) is 5.88 Å². The van der Waals surface area contributed by atoms with Crippen LogP contribution < -0.4 is 4.74 Å². The van der Waals surface area contributed by atoms with Crippen molar-refractivity contribution < 1.29 is 32.9 Å². The van der Waals surface area contributed by atoms with Crippen molar-refractivity contribution in [1.82, 2.24) is 24.9 Å². The molecule has 2 aromatic heterocycles. The molecule has 0 radical (unpaired) electrons. The van der Waals surface area contributed by atoms with Crippen molar-refractivity contribution >= 4 is 28.6 Å². The maximum atomic E-state index is 13.1. The number of amides is 1. The van der Waals surface area contributed by atoms with Crippen LogP contribution in [-0.4, -0.2) is 60.9 Å². The third kappa shape index (κ3) is 5.27. The molecule has 1 saturated heterocycles. The molecule has 1 aliphatic rings. The number of fused-ring (bicyclic) bond motifs is 1. The highest BCUT2D eigenvalue weighted by molar-refractivity contribution is 6.36. The maximum absolute atomic E-state index is 13.1. The van der Waals surface area contributed by atoms with Gasteiger partial charge in [-0.25, -0.2) is 14.5 Å². The van der Waals surface area contributed by atoms with Crippen molar-refractivity contribution in [1.29, 1.82) is 0 Å². The van der Waals surface area contributed by atoms with Gasteiger partial charge < -0.3 is 19.8 Å². The smallest absolute Gasteiger partial charge is 0.416 e. The molecule has 5 rings (SSSR count). The Labute approximate surface area is 250 Å². The number of likely N-dealkylation sites (tertiary alicyclic amines) is 1. The predicted octanol–water partition coefficient (Wildman–Crippen LogP) is 5.90. The number of hydrogen-bond acceptors (Lipinski definition) is 6. The number of alkyl halides is 3. The molecule has 3 atom stereocenters. The fourth-order valence-electron chi connectivity index (χ4n) is 6.14. The normalized spacial score (nSPS) is 18.8. The van der Waals surface area contributed by atoms with Gasteiger partial charge in [0, 0.05) is 42.9 Å². The lowest BCUT2D eigenvalue weighted by atomic mass is 9.63. The number of aryl methyl sites for hydroxylation is 1. The average molecular weight is 618 g/mol. The van der Waals surface area contributed by atoms with Gasteiger partial charge in [-0.15, -0.1) is 5.10 Å². The van der Waals surface area contributed by atoms with Gasteiger partial charge in [-0.1, -0.05) is 55.8 Å². The van der Waals surface area contributed by atoms with Crippen LogP contribution in [0.4, 0.5) is 18.0 Å². The molecule has 2 N–H and O–H groups in total. The first-order chi connectivity index (χ1) is 20.1. The van der Waals surface area contributed by atoms with Gasteiger partial charge in [0.25, 0.3) is 0 Å². The summed E-state index contributed by atoms with van der Waals surface area (Å²) in [5.74, 6) is -0.338. The van der Waals surface area contributed by atoms with Crippen molar-refractivity contribution in [2.24, 2.45) is 18.4 Å². The van der Waals surface area contributed by atoms with Crippen molar-refractivity contribution in [3.8, 4) is 5.88 Å². The summed E-state index contributed by atoms with van der Waals surface area (Å²) < 4.78 is 46.2. The van der Waals surface area contributed by atoms with Gasteiger partial charge in [-0.2, -0.15) is 13.2 Å². The molecule has 1 aliphatic heterocycles. The fraction of sp³-hybridized carbons (Fsp3) is 0.400. The van der Waals surface area contributed by atoms with Crippen LogP contribution in [0.3, 0.4) is 0 Å². The quantitative estimate of drug-likeness (QED) is 0.277. The molecule has 0 aliphatic carbocycles. The number of carbonyl (C=O) groups is 1. The Hall–Kier alpha value is -3.90. The molecule has 43 heavy (non-hydrogen) atoms.